The summed E-state index contributed by atoms with van der Waals surface area (Å²) in [5, 5.41) is 0. The first-order valence-corrected chi connectivity index (χ1v) is 12.9. The van der Waals surface area contributed by atoms with Crippen LogP contribution in [0.1, 0.15) is 128 Å². The number of carbonyl (C=O) groups is 1. The van der Waals surface area contributed by atoms with Gasteiger partial charge in [-0.2, -0.15) is 0 Å². The van der Waals surface area contributed by atoms with Gasteiger partial charge in [-0.3, -0.25) is 4.79 Å². The number of carbonyl (C=O) groups excluding carboxylic acids is 1. The third kappa shape index (κ3) is 8.82. The summed E-state index contributed by atoms with van der Waals surface area (Å²) in [4.78, 5) is 12.1. The highest BCUT2D eigenvalue weighted by Crippen LogP contribution is 2.44. The lowest BCUT2D eigenvalue weighted by atomic mass is 9.67. The number of rotatable bonds is 14. The van der Waals surface area contributed by atoms with Crippen LogP contribution in [0.3, 0.4) is 0 Å². The van der Waals surface area contributed by atoms with Crippen LogP contribution >= 0.6 is 0 Å². The van der Waals surface area contributed by atoms with E-state index in [0.717, 1.165) is 19.3 Å². The quantitative estimate of drug-likeness (QED) is 0.173. The van der Waals surface area contributed by atoms with Gasteiger partial charge in [0.15, 0.2) is 0 Å². The van der Waals surface area contributed by atoms with Crippen LogP contribution in [0.4, 0.5) is 0 Å². The molecule has 1 aromatic carbocycles. The molecule has 2 nitrogen and oxygen atoms in total. The lowest BCUT2D eigenvalue weighted by Gasteiger charge is -2.38. The summed E-state index contributed by atoms with van der Waals surface area (Å²) in [5.41, 5.74) is 3.26. The minimum Gasteiger partial charge on any atom is -0.427 e. The highest BCUT2D eigenvalue weighted by molar-refractivity contribution is 5.72. The van der Waals surface area contributed by atoms with Crippen LogP contribution in [-0.4, -0.2) is 5.97 Å². The number of ether oxygens (including phenoxy) is 1. The minimum absolute atomic E-state index is 0.0873. The van der Waals surface area contributed by atoms with E-state index in [4.69, 9.17) is 4.74 Å². The summed E-state index contributed by atoms with van der Waals surface area (Å²) in [6.07, 6.45) is 21.4. The average Bonchev–Trinajstić information content (AvgIpc) is 2.74. The number of unbranched alkanes of at least 4 members (excludes halogenated alkanes) is 6. The summed E-state index contributed by atoms with van der Waals surface area (Å²) < 4.78 is 5.60. The third-order valence-corrected chi connectivity index (χ3v) is 7.18. The van der Waals surface area contributed by atoms with Gasteiger partial charge < -0.3 is 4.74 Å². The molecule has 2 heteroatoms. The van der Waals surface area contributed by atoms with Gasteiger partial charge in [-0.15, -0.1) is 0 Å². The molecule has 0 bridgehead atoms. The highest BCUT2D eigenvalue weighted by Gasteiger charge is 2.31. The van der Waals surface area contributed by atoms with E-state index in [1.807, 2.05) is 6.07 Å². The van der Waals surface area contributed by atoms with Crippen LogP contribution < -0.4 is 4.74 Å². The predicted molar refractivity (Wildman–Crippen MR) is 128 cm³/mol. The molecule has 170 valence electrons. The van der Waals surface area contributed by atoms with E-state index in [2.05, 4.69) is 32.9 Å². The molecule has 1 aliphatic carbocycles. The Morgan fingerprint density at radius 3 is 2.30 bits per heavy atom. The first-order chi connectivity index (χ1) is 14.6. The standard InChI is InChI=1S/C28H46O2/c1-4-6-8-9-11-15-27(29)30-26-17-16-25(24(3)23-26)18-22-28(19-12-7-5-2)20-13-10-14-21-28/h16-17,23H,4-15,18-22H2,1-3H3. The lowest BCUT2D eigenvalue weighted by Crippen LogP contribution is -2.25. The zero-order valence-corrected chi connectivity index (χ0v) is 20.1. The second-order valence-electron chi connectivity index (χ2n) is 9.74. The Kier molecular flexibility index (Phi) is 11.6. The SMILES string of the molecule is CCCCCCCC(=O)Oc1ccc(CCC2(CCCCC)CCCCC2)c(C)c1. The molecule has 1 saturated carbocycles. The van der Waals surface area contributed by atoms with Crippen molar-refractivity contribution in [2.24, 2.45) is 5.41 Å². The van der Waals surface area contributed by atoms with Crippen molar-refractivity contribution in [2.75, 3.05) is 0 Å². The Morgan fingerprint density at radius 1 is 0.900 bits per heavy atom. The Balaban J connectivity index is 1.84. The highest BCUT2D eigenvalue weighted by atomic mass is 16.5. The van der Waals surface area contributed by atoms with E-state index in [9.17, 15) is 4.79 Å². The van der Waals surface area contributed by atoms with Gasteiger partial charge >= 0.3 is 5.97 Å². The normalized spacial score (nSPS) is 15.8. The minimum atomic E-state index is -0.0873. The fraction of sp³-hybridized carbons (Fsp3) is 0.750. The van der Waals surface area contributed by atoms with Crippen LogP contribution in [0, 0.1) is 12.3 Å². The molecule has 0 aliphatic heterocycles. The lowest BCUT2D eigenvalue weighted by molar-refractivity contribution is -0.134. The first kappa shape index (κ1) is 25.0. The molecule has 0 aromatic heterocycles. The van der Waals surface area contributed by atoms with Crippen molar-refractivity contribution in [2.45, 2.75) is 130 Å². The monoisotopic (exact) mass is 414 g/mol. The van der Waals surface area contributed by atoms with E-state index in [1.54, 1.807) is 0 Å². The first-order valence-electron chi connectivity index (χ1n) is 12.9. The Hall–Kier alpha value is -1.31. The van der Waals surface area contributed by atoms with Gasteiger partial charge in [0.1, 0.15) is 5.75 Å². The van der Waals surface area contributed by atoms with Gasteiger partial charge in [0, 0.05) is 6.42 Å². The number of hydrogen-bond donors (Lipinski definition) is 0. The van der Waals surface area contributed by atoms with Crippen LogP contribution in [-0.2, 0) is 11.2 Å². The second kappa shape index (κ2) is 13.9. The molecule has 0 amide bonds. The van der Waals surface area contributed by atoms with Gasteiger partial charge in [-0.1, -0.05) is 84.1 Å². The fourth-order valence-electron chi connectivity index (χ4n) is 5.14. The smallest absolute Gasteiger partial charge is 0.311 e. The van der Waals surface area contributed by atoms with E-state index in [1.165, 1.54) is 94.6 Å². The molecule has 0 saturated heterocycles. The maximum Gasteiger partial charge on any atom is 0.311 e. The maximum atomic E-state index is 12.1. The summed E-state index contributed by atoms with van der Waals surface area (Å²) in [5.74, 6) is 0.626. The van der Waals surface area contributed by atoms with Gasteiger partial charge in [-0.25, -0.2) is 0 Å². The van der Waals surface area contributed by atoms with Gasteiger partial charge in [0.05, 0.1) is 0 Å². The van der Waals surface area contributed by atoms with Gasteiger partial charge in [0.2, 0.25) is 0 Å². The maximum absolute atomic E-state index is 12.1. The molecule has 0 atom stereocenters. The Labute approximate surface area is 186 Å². The molecule has 0 N–H and O–H groups in total. The number of hydrogen-bond acceptors (Lipinski definition) is 2. The van der Waals surface area contributed by atoms with Crippen molar-refractivity contribution in [3.8, 4) is 5.75 Å². The molecule has 0 heterocycles. The molecule has 1 fully saturated rings. The van der Waals surface area contributed by atoms with Gasteiger partial charge in [-0.05, 0) is 74.1 Å². The average molecular weight is 415 g/mol. The van der Waals surface area contributed by atoms with Crippen LogP contribution in [0.15, 0.2) is 18.2 Å². The predicted octanol–water partition coefficient (Wildman–Crippen LogP) is 8.72. The Bertz CT molecular complexity index is 613. The topological polar surface area (TPSA) is 26.3 Å². The van der Waals surface area contributed by atoms with Crippen molar-refractivity contribution in [3.05, 3.63) is 29.3 Å². The van der Waals surface area contributed by atoms with Crippen molar-refractivity contribution in [3.63, 3.8) is 0 Å². The number of aryl methyl sites for hydroxylation is 2. The zero-order valence-electron chi connectivity index (χ0n) is 20.1. The summed E-state index contributed by atoms with van der Waals surface area (Å²) in [6, 6.07) is 6.26. The Morgan fingerprint density at radius 2 is 1.60 bits per heavy atom. The van der Waals surface area contributed by atoms with E-state index in [0.29, 0.717) is 17.6 Å². The number of esters is 1. The van der Waals surface area contributed by atoms with Crippen molar-refractivity contribution >= 4 is 5.97 Å². The zero-order chi connectivity index (χ0) is 21.7. The molecule has 2 rings (SSSR count). The summed E-state index contributed by atoms with van der Waals surface area (Å²) in [6.45, 7) is 6.68. The molecular formula is C28H46O2. The second-order valence-corrected chi connectivity index (χ2v) is 9.74. The van der Waals surface area contributed by atoms with Crippen LogP contribution in [0.5, 0.6) is 5.75 Å². The van der Waals surface area contributed by atoms with Crippen LogP contribution in [0.25, 0.3) is 0 Å². The van der Waals surface area contributed by atoms with Crippen molar-refractivity contribution in [1.29, 1.82) is 0 Å². The molecule has 30 heavy (non-hydrogen) atoms. The fourth-order valence-corrected chi connectivity index (χ4v) is 5.14. The van der Waals surface area contributed by atoms with Crippen molar-refractivity contribution in [1.82, 2.24) is 0 Å². The van der Waals surface area contributed by atoms with Gasteiger partial charge in [0.25, 0.3) is 0 Å². The largest absolute Gasteiger partial charge is 0.427 e. The molecule has 0 spiro atoms. The van der Waals surface area contributed by atoms with E-state index in [-0.39, 0.29) is 5.97 Å². The number of benzene rings is 1. The van der Waals surface area contributed by atoms with Crippen molar-refractivity contribution < 1.29 is 9.53 Å². The molecule has 0 unspecified atom stereocenters. The molecular weight excluding hydrogens is 368 g/mol. The van der Waals surface area contributed by atoms with Crippen LogP contribution in [0.2, 0.25) is 0 Å². The summed E-state index contributed by atoms with van der Waals surface area (Å²) >= 11 is 0. The molecule has 1 aromatic rings. The molecule has 0 radical (unpaired) electrons. The molecule has 1 aliphatic rings. The third-order valence-electron chi connectivity index (χ3n) is 7.18. The van der Waals surface area contributed by atoms with E-state index < -0.39 is 0 Å². The van der Waals surface area contributed by atoms with E-state index >= 15 is 0 Å². The summed E-state index contributed by atoms with van der Waals surface area (Å²) in [7, 11) is 0.